The summed E-state index contributed by atoms with van der Waals surface area (Å²) in [5, 5.41) is 15.8. The zero-order chi connectivity index (χ0) is 92.2. The van der Waals surface area contributed by atoms with Crippen molar-refractivity contribution in [2.24, 2.45) is 32.7 Å². The van der Waals surface area contributed by atoms with E-state index < -0.39 is 118 Å². The van der Waals surface area contributed by atoms with Crippen LogP contribution < -0.4 is 5.32 Å². The van der Waals surface area contributed by atoms with Gasteiger partial charge in [0.15, 0.2) is 15.5 Å². The Hall–Kier alpha value is -8.25. The molecule has 4 saturated heterocycles. The number of amidine groups is 3. The van der Waals surface area contributed by atoms with Crippen molar-refractivity contribution in [3.8, 4) is 0 Å². The summed E-state index contributed by atoms with van der Waals surface area (Å²) in [6.45, 7) is 21.1. The number of thioether (sulfide) groups is 3. The molecule has 0 bridgehead atoms. The van der Waals surface area contributed by atoms with Crippen LogP contribution in [0.3, 0.4) is 0 Å². The monoisotopic (exact) mass is 1940 g/mol. The van der Waals surface area contributed by atoms with Crippen molar-refractivity contribution in [1.82, 2.24) is 59.5 Å². The summed E-state index contributed by atoms with van der Waals surface area (Å²) in [6, 6.07) is 19.6. The first kappa shape index (κ1) is 93.0. The van der Waals surface area contributed by atoms with Gasteiger partial charge in [0.2, 0.25) is 11.8 Å². The van der Waals surface area contributed by atoms with Crippen LogP contribution in [0.15, 0.2) is 156 Å². The van der Waals surface area contributed by atoms with Crippen LogP contribution >= 0.6 is 105 Å². The van der Waals surface area contributed by atoms with Gasteiger partial charge in [-0.1, -0.05) is 148 Å². The molecule has 18 rings (SSSR count). The number of rotatable bonds is 14. The predicted octanol–water partition coefficient (Wildman–Crippen LogP) is 18.8. The molecule has 2 saturated carbocycles. The fourth-order valence-electron chi connectivity index (χ4n) is 19.3. The van der Waals surface area contributed by atoms with E-state index in [1.807, 2.05) is 101 Å². The van der Waals surface area contributed by atoms with Crippen molar-refractivity contribution < 1.29 is 69.0 Å². The van der Waals surface area contributed by atoms with Gasteiger partial charge in [-0.05, 0) is 185 Å². The standard InChI is InChI=1S/C35H35Cl2F5N6O3S.C33H36Cl2F2N6O2S.C21H18Cl2FN3O2S/c1-17(2)26-27(52-32-44-33(4,20-6-8-25(37)43-13-20)28(48(26)32)19-5-7-22(36)23(39)11-19)30(50)45-15-21(38)12-24(45)29(49)46-16-34(9-10-34)47(14-18(46)3)31(51)35(40,41)42;1-17(2)26-27(30(45)41-15-21(36)12-24(41)29(44)42-16-33(9-10-33)39-13-18(42)3)46-31-40-32(4,20-6-8-25(35)38-14-20)28(43(26)31)19-5-7-22(34)23(37)11-19;1-10(2)16-17(19(28)29)30-20-26-21(3,12-5-7-15(23)25-9-12)18(27(16)20)11-4-6-13(22)14(24)8-11/h5-8,11,13,17-18,21,24,28H,9-10,12,14-16H2,1-4H3;5-8,11,14,17-18,21,24,28,39H,9-10,12-13,15-16H2,1-4H3;4-10,18H,1-3H3,(H,28,29)/t18-,21+,24-,28+,33-;18-,21+,24-,28+,32-;18-,21+/m001/s1. The van der Waals surface area contributed by atoms with Crippen molar-refractivity contribution >= 4 is 156 Å². The Morgan fingerprint density at radius 2 is 0.836 bits per heavy atom. The van der Waals surface area contributed by atoms with Crippen LogP contribution in [0.5, 0.6) is 0 Å². The number of pyridine rings is 3. The van der Waals surface area contributed by atoms with Crippen molar-refractivity contribution in [2.75, 3.05) is 39.3 Å². The summed E-state index contributed by atoms with van der Waals surface area (Å²) in [7, 11) is 0. The van der Waals surface area contributed by atoms with Gasteiger partial charge < -0.3 is 49.6 Å². The molecule has 0 radical (unpaired) electrons. The second kappa shape index (κ2) is 34.7. The largest absolute Gasteiger partial charge is 0.477 e. The average molecular weight is 1940 g/mol. The number of carbonyl (C=O) groups excluding carboxylic acids is 5. The first-order valence-corrected chi connectivity index (χ1v) is 46.6. The fraction of sp³-hybridized carbons (Fsp3) is 0.461. The molecule has 22 nitrogen and oxygen atoms in total. The highest BCUT2D eigenvalue weighted by Gasteiger charge is 2.63. The minimum Gasteiger partial charge on any atom is -0.477 e. The lowest BCUT2D eigenvalue weighted by atomic mass is 9.81. The second-order valence-corrected chi connectivity index (χ2v) is 41.1. The van der Waals surface area contributed by atoms with Crippen LogP contribution in [0.25, 0.3) is 0 Å². The first-order valence-electron chi connectivity index (χ1n) is 41.8. The van der Waals surface area contributed by atoms with Crippen LogP contribution in [-0.4, -0.2) is 203 Å². The molecule has 678 valence electrons. The third-order valence-electron chi connectivity index (χ3n) is 26.1. The Balaban J connectivity index is 0.000000146. The number of nitrogens with zero attached hydrogens (tertiary/aromatic N) is 14. The van der Waals surface area contributed by atoms with Crippen molar-refractivity contribution in [3.05, 3.63) is 223 Å². The van der Waals surface area contributed by atoms with Crippen LogP contribution in [0, 0.1) is 35.2 Å². The number of hydrogen-bond acceptors (Lipinski definition) is 19. The zero-order valence-corrected chi connectivity index (χ0v) is 78.0. The maximum atomic E-state index is 15.3. The molecule has 39 heteroatoms. The summed E-state index contributed by atoms with van der Waals surface area (Å²) in [6.07, 6.45) is -0.669. The summed E-state index contributed by atoms with van der Waals surface area (Å²) in [5.41, 5.74) is 1.91. The molecule has 10 aliphatic heterocycles. The molecule has 2 spiro atoms. The van der Waals surface area contributed by atoms with Crippen LogP contribution in [0.2, 0.25) is 30.5 Å². The molecule has 12 atom stereocenters. The Kier molecular flexibility index (Phi) is 25.2. The maximum Gasteiger partial charge on any atom is 0.471 e. The smallest absolute Gasteiger partial charge is 0.471 e. The number of piperazine rings is 2. The molecule has 128 heavy (non-hydrogen) atoms. The number of hydrogen-bond donors (Lipinski definition) is 2. The predicted molar refractivity (Wildman–Crippen MR) is 478 cm³/mol. The maximum absolute atomic E-state index is 15.3. The van der Waals surface area contributed by atoms with Gasteiger partial charge in [0, 0.05) is 109 Å². The third-order valence-corrected chi connectivity index (χ3v) is 30.9. The highest BCUT2D eigenvalue weighted by Crippen LogP contribution is 2.61. The summed E-state index contributed by atoms with van der Waals surface area (Å²) >= 11 is 39.7. The molecular formula is C89H89Cl6F8N15O7S3. The zero-order valence-electron chi connectivity index (χ0n) is 71.0. The van der Waals surface area contributed by atoms with E-state index in [0.717, 1.165) is 52.4 Å². The van der Waals surface area contributed by atoms with Gasteiger partial charge >= 0.3 is 18.1 Å². The molecule has 5 amide bonds. The number of halogens is 14. The van der Waals surface area contributed by atoms with E-state index in [2.05, 4.69) is 20.3 Å². The van der Waals surface area contributed by atoms with E-state index >= 15 is 13.2 Å². The number of aliphatic imine (C=N–C) groups is 3. The van der Waals surface area contributed by atoms with Crippen LogP contribution in [0.1, 0.15) is 166 Å². The van der Waals surface area contributed by atoms with Gasteiger partial charge in [0.05, 0.1) is 51.8 Å². The van der Waals surface area contributed by atoms with E-state index in [-0.39, 0.29) is 110 Å². The van der Waals surface area contributed by atoms with E-state index in [4.69, 9.17) is 84.6 Å². The van der Waals surface area contributed by atoms with E-state index in [1.54, 1.807) is 68.0 Å². The number of carboxylic acids is 1. The number of allylic oxidation sites excluding steroid dienone is 3. The van der Waals surface area contributed by atoms with Crippen LogP contribution in [0.4, 0.5) is 35.1 Å². The van der Waals surface area contributed by atoms with E-state index in [9.17, 15) is 55.8 Å². The van der Waals surface area contributed by atoms with E-state index in [1.165, 1.54) is 62.9 Å². The first-order chi connectivity index (χ1) is 60.3. The number of carbonyl (C=O) groups is 6. The van der Waals surface area contributed by atoms with Crippen molar-refractivity contribution in [3.63, 3.8) is 0 Å². The van der Waals surface area contributed by atoms with Crippen molar-refractivity contribution in [2.45, 2.75) is 203 Å². The topological polar surface area (TPSA) is 236 Å². The van der Waals surface area contributed by atoms with Gasteiger partial charge in [-0.25, -0.2) is 56.7 Å². The van der Waals surface area contributed by atoms with Gasteiger partial charge in [-0.3, -0.25) is 24.0 Å². The molecular weight excluding hydrogens is 1850 g/mol. The number of amides is 5. The van der Waals surface area contributed by atoms with Gasteiger partial charge in [-0.15, -0.1) is 0 Å². The molecule has 2 aliphatic carbocycles. The van der Waals surface area contributed by atoms with E-state index in [0.29, 0.717) is 96.0 Å². The quantitative estimate of drug-likeness (QED) is 0.0761. The molecule has 6 fully saturated rings. The van der Waals surface area contributed by atoms with Gasteiger partial charge in [-0.2, -0.15) is 13.2 Å². The lowest BCUT2D eigenvalue weighted by Crippen LogP contribution is -2.65. The van der Waals surface area contributed by atoms with Crippen LogP contribution in [-0.2, 0) is 45.4 Å². The lowest BCUT2D eigenvalue weighted by Gasteiger charge is -2.47. The number of alkyl halides is 5. The highest BCUT2D eigenvalue weighted by atomic mass is 35.5. The lowest BCUT2D eigenvalue weighted by molar-refractivity contribution is -0.193. The summed E-state index contributed by atoms with van der Waals surface area (Å²) < 4.78 is 115. The number of nitrogens with one attached hydrogen (secondary N) is 1. The number of likely N-dealkylation sites (tertiary alicyclic amines) is 2. The Morgan fingerprint density at radius 3 is 1.15 bits per heavy atom. The highest BCUT2D eigenvalue weighted by molar-refractivity contribution is 8.18. The molecule has 6 aromatic rings. The molecule has 3 aromatic heterocycles. The molecule has 13 heterocycles. The second-order valence-electron chi connectivity index (χ2n) is 35.8. The van der Waals surface area contributed by atoms with Gasteiger partial charge in [0.1, 0.15) is 88.7 Å². The molecule has 2 N–H and O–H groups in total. The molecule has 3 aromatic carbocycles. The normalized spacial score (nSPS) is 27.7. The SMILES string of the molecule is CC(C)C1=C(C(=O)N2C[C@H](F)C[C@H]2C(=O)N2CC3(CC3)N(C(=O)C(F)(F)F)C[C@@H]2C)SC2=N[C@@](C)(c3ccc(Cl)nc3)[C@@H](c3ccc(Cl)c(F)c3)N21.CC(C)C1=C(C(=O)N2C[C@H](F)C[C@H]2C(=O)N2CC3(CC3)NC[C@@H]2C)SC2=N[C@@](C)(c3ccc(Cl)nc3)[C@@H](c3ccc(Cl)c(F)c3)N21.CC(C)C1=C(C(=O)O)SC2=N[C@@](C)(c3ccc(Cl)nc3)[C@@H](c3ccc(Cl)c(F)c3)N21. The number of aliphatic carboxylic acids is 1. The van der Waals surface area contributed by atoms with Crippen molar-refractivity contribution in [1.29, 1.82) is 0 Å². The summed E-state index contributed by atoms with van der Waals surface area (Å²) in [4.78, 5) is 123. The number of benzene rings is 3. The molecule has 0 unspecified atom stereocenters. The fourth-order valence-corrected chi connectivity index (χ4v) is 24.0. The third kappa shape index (κ3) is 16.7. The Morgan fingerprint density at radius 1 is 0.484 bits per heavy atom. The number of aromatic nitrogens is 3. The molecule has 12 aliphatic rings. The minimum atomic E-state index is -5.05. The minimum absolute atomic E-state index is 0.000899. The number of fused-ring (bicyclic) bond motifs is 3. The average Bonchev–Trinajstić information content (AvgIpc) is 1.56. The number of carboxylic acid groups (broad SMARTS) is 1. The Bertz CT molecular complexity index is 5760. The Labute approximate surface area is 776 Å². The summed E-state index contributed by atoms with van der Waals surface area (Å²) in [5.74, 6) is -6.97. The van der Waals surface area contributed by atoms with Gasteiger partial charge in [0.25, 0.3) is 11.8 Å².